The maximum absolute atomic E-state index is 3.42. The van der Waals surface area contributed by atoms with E-state index in [4.69, 9.17) is 0 Å². The first-order valence-electron chi connectivity index (χ1n) is 6.59. The van der Waals surface area contributed by atoms with Gasteiger partial charge in [-0.05, 0) is 57.8 Å². The third-order valence-corrected chi connectivity index (χ3v) is 2.88. The molecule has 0 saturated heterocycles. The summed E-state index contributed by atoms with van der Waals surface area (Å²) in [5.74, 6) is 0. The normalized spacial score (nSPS) is 11.9. The summed E-state index contributed by atoms with van der Waals surface area (Å²) in [5, 5.41) is 3.42. The molecule has 0 bridgehead atoms. The first-order valence-corrected chi connectivity index (χ1v) is 6.59. The molecule has 0 radical (unpaired) electrons. The van der Waals surface area contributed by atoms with Crippen molar-refractivity contribution in [3.05, 3.63) is 41.0 Å². The second-order valence-corrected chi connectivity index (χ2v) is 4.80. The molecule has 0 amide bonds. The van der Waals surface area contributed by atoms with Gasteiger partial charge in [-0.1, -0.05) is 42.3 Å². The van der Waals surface area contributed by atoms with Gasteiger partial charge in [-0.2, -0.15) is 0 Å². The molecule has 0 unspecified atom stereocenters. The highest BCUT2D eigenvalue weighted by atomic mass is 14.8. The maximum atomic E-state index is 3.42. The van der Waals surface area contributed by atoms with Crippen molar-refractivity contribution in [2.24, 2.45) is 0 Å². The van der Waals surface area contributed by atoms with E-state index in [0.29, 0.717) is 0 Å². The van der Waals surface area contributed by atoms with Gasteiger partial charge in [0.15, 0.2) is 0 Å². The van der Waals surface area contributed by atoms with E-state index in [1.807, 2.05) is 0 Å². The summed E-state index contributed by atoms with van der Waals surface area (Å²) in [6.07, 6.45) is 4.65. The van der Waals surface area contributed by atoms with E-state index in [-0.39, 0.29) is 0 Å². The Bertz CT molecular complexity index is 357. The fraction of sp³-hybridized carbons (Fsp3) is 0.500. The van der Waals surface area contributed by atoms with E-state index in [2.05, 4.69) is 57.3 Å². The van der Waals surface area contributed by atoms with Gasteiger partial charge in [0, 0.05) is 0 Å². The second-order valence-electron chi connectivity index (χ2n) is 4.80. The molecule has 1 rings (SSSR count). The zero-order valence-electron chi connectivity index (χ0n) is 11.6. The number of hydrogen-bond acceptors (Lipinski definition) is 1. The summed E-state index contributed by atoms with van der Waals surface area (Å²) >= 11 is 0. The van der Waals surface area contributed by atoms with Crippen molar-refractivity contribution in [2.45, 2.75) is 40.5 Å². The lowest BCUT2D eigenvalue weighted by molar-refractivity contribution is 0.678. The number of hydrogen-bond donors (Lipinski definition) is 1. The van der Waals surface area contributed by atoms with Crippen LogP contribution >= 0.6 is 0 Å². The first-order chi connectivity index (χ1) is 8.13. The average molecular weight is 231 g/mol. The van der Waals surface area contributed by atoms with Crippen molar-refractivity contribution in [1.82, 2.24) is 5.32 Å². The molecule has 17 heavy (non-hydrogen) atoms. The Balaban J connectivity index is 2.55. The van der Waals surface area contributed by atoms with Crippen molar-refractivity contribution >= 4 is 5.57 Å². The largest absolute Gasteiger partial charge is 0.316 e. The molecule has 0 aliphatic heterocycles. The lowest BCUT2D eigenvalue weighted by atomic mass is 10.0. The minimum absolute atomic E-state index is 1.08. The molecule has 1 N–H and O–H groups in total. The van der Waals surface area contributed by atoms with Crippen LogP contribution in [0.3, 0.4) is 0 Å². The predicted octanol–water partition coefficient (Wildman–Crippen LogP) is 4.10. The number of aryl methyl sites for hydroxylation is 2. The smallest absolute Gasteiger partial charge is 0.00141 e. The molecular weight excluding hydrogens is 206 g/mol. The van der Waals surface area contributed by atoms with Gasteiger partial charge in [-0.3, -0.25) is 0 Å². The monoisotopic (exact) mass is 231 g/mol. The fourth-order valence-corrected chi connectivity index (χ4v) is 2.01. The molecule has 1 heteroatoms. The number of benzene rings is 1. The Hall–Kier alpha value is -1.08. The summed E-state index contributed by atoms with van der Waals surface area (Å²) in [5.41, 5.74) is 5.43. The Morgan fingerprint density at radius 1 is 1.12 bits per heavy atom. The van der Waals surface area contributed by atoms with Crippen LogP contribution in [0.4, 0.5) is 0 Å². The van der Waals surface area contributed by atoms with Crippen molar-refractivity contribution in [2.75, 3.05) is 13.1 Å². The Kier molecular flexibility index (Phi) is 5.99. The van der Waals surface area contributed by atoms with Gasteiger partial charge in [0.1, 0.15) is 0 Å². The van der Waals surface area contributed by atoms with E-state index in [1.165, 1.54) is 28.7 Å². The first kappa shape index (κ1) is 14.0. The molecule has 1 nitrogen and oxygen atoms in total. The molecule has 94 valence electrons. The highest BCUT2D eigenvalue weighted by Gasteiger charge is 1.97. The SMILES string of the molecule is CCCNCCC=C(C)c1cc(C)cc(C)c1. The Morgan fingerprint density at radius 2 is 1.76 bits per heavy atom. The molecule has 0 saturated carbocycles. The third kappa shape index (κ3) is 5.18. The quantitative estimate of drug-likeness (QED) is 0.727. The van der Waals surface area contributed by atoms with Crippen molar-refractivity contribution in [1.29, 1.82) is 0 Å². The predicted molar refractivity (Wildman–Crippen MR) is 77.3 cm³/mol. The molecule has 1 aromatic carbocycles. The van der Waals surface area contributed by atoms with Gasteiger partial charge < -0.3 is 5.32 Å². The minimum atomic E-state index is 1.08. The van der Waals surface area contributed by atoms with Gasteiger partial charge in [0.2, 0.25) is 0 Å². The number of rotatable bonds is 6. The summed E-state index contributed by atoms with van der Waals surface area (Å²) in [6, 6.07) is 6.75. The topological polar surface area (TPSA) is 12.0 Å². The second kappa shape index (κ2) is 7.29. The van der Waals surface area contributed by atoms with E-state index in [0.717, 1.165) is 19.5 Å². The maximum Gasteiger partial charge on any atom is -0.00141 e. The standard InChI is InChI=1S/C16H25N/c1-5-8-17-9-6-7-15(4)16-11-13(2)10-14(3)12-16/h7,10-12,17H,5-6,8-9H2,1-4H3. The molecular formula is C16H25N. The molecule has 0 fully saturated rings. The summed E-state index contributed by atoms with van der Waals surface area (Å²) in [4.78, 5) is 0. The van der Waals surface area contributed by atoms with Crippen LogP contribution < -0.4 is 5.32 Å². The minimum Gasteiger partial charge on any atom is -0.316 e. The van der Waals surface area contributed by atoms with Crippen LogP contribution in [-0.4, -0.2) is 13.1 Å². The molecule has 0 heterocycles. The molecule has 0 spiro atoms. The van der Waals surface area contributed by atoms with Gasteiger partial charge in [0.25, 0.3) is 0 Å². The molecule has 0 aliphatic carbocycles. The molecule has 0 aliphatic rings. The van der Waals surface area contributed by atoms with Crippen molar-refractivity contribution in [3.8, 4) is 0 Å². The van der Waals surface area contributed by atoms with Gasteiger partial charge in [-0.25, -0.2) is 0 Å². The van der Waals surface area contributed by atoms with Crippen LogP contribution in [-0.2, 0) is 0 Å². The van der Waals surface area contributed by atoms with Crippen molar-refractivity contribution in [3.63, 3.8) is 0 Å². The van der Waals surface area contributed by atoms with Gasteiger partial charge in [0.05, 0.1) is 0 Å². The Morgan fingerprint density at radius 3 is 2.35 bits per heavy atom. The van der Waals surface area contributed by atoms with Crippen LogP contribution in [0, 0.1) is 13.8 Å². The average Bonchev–Trinajstić information content (AvgIpc) is 2.27. The van der Waals surface area contributed by atoms with Crippen LogP contribution in [0.1, 0.15) is 43.4 Å². The summed E-state index contributed by atoms with van der Waals surface area (Å²) in [7, 11) is 0. The van der Waals surface area contributed by atoms with Crippen molar-refractivity contribution < 1.29 is 0 Å². The third-order valence-electron chi connectivity index (χ3n) is 2.88. The highest BCUT2D eigenvalue weighted by Crippen LogP contribution is 2.17. The molecule has 1 aromatic rings. The zero-order chi connectivity index (χ0) is 12.7. The summed E-state index contributed by atoms with van der Waals surface area (Å²) in [6.45, 7) is 10.9. The van der Waals surface area contributed by atoms with Gasteiger partial charge in [-0.15, -0.1) is 0 Å². The Labute approximate surface area is 106 Å². The van der Waals surface area contributed by atoms with Crippen LogP contribution in [0.15, 0.2) is 24.3 Å². The van der Waals surface area contributed by atoms with E-state index in [1.54, 1.807) is 0 Å². The number of nitrogens with one attached hydrogen (secondary N) is 1. The lowest BCUT2D eigenvalue weighted by Gasteiger charge is -2.06. The van der Waals surface area contributed by atoms with E-state index < -0.39 is 0 Å². The fourth-order valence-electron chi connectivity index (χ4n) is 2.01. The zero-order valence-corrected chi connectivity index (χ0v) is 11.6. The van der Waals surface area contributed by atoms with E-state index >= 15 is 0 Å². The van der Waals surface area contributed by atoms with Crippen LogP contribution in [0.25, 0.3) is 5.57 Å². The molecule has 0 atom stereocenters. The molecule has 0 aromatic heterocycles. The summed E-state index contributed by atoms with van der Waals surface area (Å²) < 4.78 is 0. The van der Waals surface area contributed by atoms with Gasteiger partial charge >= 0.3 is 0 Å². The lowest BCUT2D eigenvalue weighted by Crippen LogP contribution is -2.15. The highest BCUT2D eigenvalue weighted by molar-refractivity contribution is 5.64. The van der Waals surface area contributed by atoms with Crippen LogP contribution in [0.2, 0.25) is 0 Å². The number of allylic oxidation sites excluding steroid dienone is 1. The van der Waals surface area contributed by atoms with Crippen LogP contribution in [0.5, 0.6) is 0 Å². The van der Waals surface area contributed by atoms with E-state index in [9.17, 15) is 0 Å².